The molecule has 0 atom stereocenters. The van der Waals surface area contributed by atoms with Gasteiger partial charge in [-0.15, -0.1) is 0 Å². The highest BCUT2D eigenvalue weighted by Gasteiger charge is 2.20. The van der Waals surface area contributed by atoms with E-state index < -0.39 is 15.9 Å². The van der Waals surface area contributed by atoms with E-state index in [1.54, 1.807) is 6.92 Å². The molecule has 0 heterocycles. The normalized spacial score (nSPS) is 10.6. The fourth-order valence-electron chi connectivity index (χ4n) is 1.73. The van der Waals surface area contributed by atoms with Crippen LogP contribution in [-0.2, 0) is 19.6 Å². The van der Waals surface area contributed by atoms with E-state index in [-0.39, 0.29) is 22.8 Å². The van der Waals surface area contributed by atoms with Crippen molar-refractivity contribution < 1.29 is 18.0 Å². The van der Waals surface area contributed by atoms with Gasteiger partial charge in [0.1, 0.15) is 0 Å². The summed E-state index contributed by atoms with van der Waals surface area (Å²) in [7, 11) is -4.01. The zero-order valence-electron chi connectivity index (χ0n) is 12.3. The Balaban J connectivity index is 2.73. The second-order valence-corrected chi connectivity index (χ2v) is 6.36. The van der Waals surface area contributed by atoms with E-state index in [9.17, 15) is 18.0 Å². The first kappa shape index (κ1) is 17.7. The number of carbonyl (C=O) groups excluding carboxylic acids is 2. The first-order valence-corrected chi connectivity index (χ1v) is 8.05. The summed E-state index contributed by atoms with van der Waals surface area (Å²) in [6.45, 7) is 3.23. The maximum atomic E-state index is 12.2. The Labute approximate surface area is 129 Å². The summed E-state index contributed by atoms with van der Waals surface area (Å²) in [6, 6.07) is 6.09. The topological polar surface area (TPSA) is 116 Å². The van der Waals surface area contributed by atoms with Gasteiger partial charge in [0.15, 0.2) is 0 Å². The highest BCUT2D eigenvalue weighted by atomic mass is 32.2. The molecule has 22 heavy (non-hydrogen) atoms. The van der Waals surface area contributed by atoms with Gasteiger partial charge in [-0.3, -0.25) is 9.59 Å². The minimum atomic E-state index is -4.01. The first-order valence-electron chi connectivity index (χ1n) is 6.57. The molecule has 1 rings (SSSR count). The van der Waals surface area contributed by atoms with Gasteiger partial charge in [-0.25, -0.2) is 13.1 Å². The molecule has 2 N–H and O–H groups in total. The maximum absolute atomic E-state index is 12.2. The van der Waals surface area contributed by atoms with Crippen LogP contribution in [0.15, 0.2) is 23.1 Å². The molecule has 0 aliphatic rings. The van der Waals surface area contributed by atoms with Crippen LogP contribution in [-0.4, -0.2) is 26.8 Å². The van der Waals surface area contributed by atoms with E-state index in [2.05, 4.69) is 5.32 Å². The maximum Gasteiger partial charge on any atom is 0.264 e. The molecule has 0 radical (unpaired) electrons. The monoisotopic (exact) mass is 323 g/mol. The summed E-state index contributed by atoms with van der Waals surface area (Å²) < 4.78 is 26.3. The molecule has 0 fully saturated rings. The average molecular weight is 323 g/mol. The standard InChI is InChI=1S/C14H17N3O4S/c1-10-5-6-12(9-15)8-13(10)22(20,21)17-14(19)4-3-7-16-11(2)18/h5-6,8H,3-4,7H2,1-2H3,(H,16,18)(H,17,19). The van der Waals surface area contributed by atoms with Gasteiger partial charge in [0.05, 0.1) is 16.5 Å². The minimum absolute atomic E-state index is 0.0313. The van der Waals surface area contributed by atoms with Crippen LogP contribution in [0.25, 0.3) is 0 Å². The number of rotatable bonds is 6. The fourth-order valence-corrected chi connectivity index (χ4v) is 3.01. The van der Waals surface area contributed by atoms with Gasteiger partial charge in [0.2, 0.25) is 11.8 Å². The second kappa shape index (κ2) is 7.56. The fraction of sp³-hybridized carbons (Fsp3) is 0.357. The van der Waals surface area contributed by atoms with Crippen molar-refractivity contribution in [1.29, 1.82) is 5.26 Å². The number of hydrogen-bond donors (Lipinski definition) is 2. The Bertz CT molecular complexity index is 720. The molecule has 118 valence electrons. The lowest BCUT2D eigenvalue weighted by Crippen LogP contribution is -2.31. The van der Waals surface area contributed by atoms with Gasteiger partial charge in [0.25, 0.3) is 10.0 Å². The smallest absolute Gasteiger partial charge is 0.264 e. The van der Waals surface area contributed by atoms with Crippen LogP contribution in [0.1, 0.15) is 30.9 Å². The molecule has 0 bridgehead atoms. The molecule has 1 aromatic carbocycles. The minimum Gasteiger partial charge on any atom is -0.356 e. The van der Waals surface area contributed by atoms with Gasteiger partial charge in [0, 0.05) is 19.9 Å². The van der Waals surface area contributed by atoms with E-state index >= 15 is 0 Å². The number of nitrogens with one attached hydrogen (secondary N) is 2. The third-order valence-electron chi connectivity index (χ3n) is 2.81. The largest absolute Gasteiger partial charge is 0.356 e. The van der Waals surface area contributed by atoms with Crippen LogP contribution in [0.3, 0.4) is 0 Å². The second-order valence-electron chi connectivity index (χ2n) is 4.71. The van der Waals surface area contributed by atoms with Crippen molar-refractivity contribution in [2.24, 2.45) is 0 Å². The Morgan fingerprint density at radius 2 is 2.00 bits per heavy atom. The molecule has 0 saturated heterocycles. The van der Waals surface area contributed by atoms with Crippen molar-refractivity contribution in [1.82, 2.24) is 10.0 Å². The summed E-state index contributed by atoms with van der Waals surface area (Å²) in [6.07, 6.45) is 0.300. The number of nitrogens with zero attached hydrogens (tertiary/aromatic N) is 1. The van der Waals surface area contributed by atoms with Crippen molar-refractivity contribution in [3.8, 4) is 6.07 Å². The number of benzene rings is 1. The van der Waals surface area contributed by atoms with Crippen LogP contribution in [0.4, 0.5) is 0 Å². The molecule has 7 nitrogen and oxygen atoms in total. The molecule has 0 aromatic heterocycles. The summed E-state index contributed by atoms with van der Waals surface area (Å²) >= 11 is 0. The van der Waals surface area contributed by atoms with Crippen molar-refractivity contribution in [2.45, 2.75) is 31.6 Å². The molecule has 0 saturated carbocycles. The van der Waals surface area contributed by atoms with Crippen molar-refractivity contribution in [3.63, 3.8) is 0 Å². The number of nitriles is 1. The van der Waals surface area contributed by atoms with E-state index in [1.807, 2.05) is 10.8 Å². The molecule has 2 amide bonds. The highest BCUT2D eigenvalue weighted by molar-refractivity contribution is 7.90. The first-order chi connectivity index (χ1) is 10.3. The van der Waals surface area contributed by atoms with Crippen LogP contribution in [0.2, 0.25) is 0 Å². The predicted molar refractivity (Wildman–Crippen MR) is 79.1 cm³/mol. The lowest BCUT2D eigenvalue weighted by atomic mass is 10.2. The van der Waals surface area contributed by atoms with Gasteiger partial charge < -0.3 is 5.32 Å². The van der Waals surface area contributed by atoms with Gasteiger partial charge in [-0.2, -0.15) is 5.26 Å². The highest BCUT2D eigenvalue weighted by Crippen LogP contribution is 2.16. The Morgan fingerprint density at radius 1 is 1.32 bits per heavy atom. The molecule has 0 aliphatic heterocycles. The molecular formula is C14H17N3O4S. The van der Waals surface area contributed by atoms with Crippen LogP contribution < -0.4 is 10.0 Å². The lowest BCUT2D eigenvalue weighted by Gasteiger charge is -2.09. The predicted octanol–water partition coefficient (Wildman–Crippen LogP) is 0.588. The number of sulfonamides is 1. The molecular weight excluding hydrogens is 306 g/mol. The number of carbonyl (C=O) groups is 2. The summed E-state index contributed by atoms with van der Waals surface area (Å²) in [4.78, 5) is 22.2. The molecule has 0 aliphatic carbocycles. The van der Waals surface area contributed by atoms with E-state index in [0.717, 1.165) is 0 Å². The number of amides is 2. The zero-order valence-corrected chi connectivity index (χ0v) is 13.2. The molecule has 1 aromatic rings. The van der Waals surface area contributed by atoms with E-state index in [4.69, 9.17) is 5.26 Å². The Morgan fingerprint density at radius 3 is 2.59 bits per heavy atom. The molecule has 8 heteroatoms. The quantitative estimate of drug-likeness (QED) is 0.743. The van der Waals surface area contributed by atoms with E-state index in [0.29, 0.717) is 18.5 Å². The average Bonchev–Trinajstić information content (AvgIpc) is 2.43. The zero-order chi connectivity index (χ0) is 16.8. The SMILES string of the molecule is CC(=O)NCCCC(=O)NS(=O)(=O)c1cc(C#N)ccc1C. The van der Waals surface area contributed by atoms with Crippen molar-refractivity contribution in [2.75, 3.05) is 6.54 Å². The molecule has 0 spiro atoms. The third kappa shape index (κ3) is 5.18. The van der Waals surface area contributed by atoms with Crippen molar-refractivity contribution >= 4 is 21.8 Å². The molecule has 0 unspecified atom stereocenters. The van der Waals surface area contributed by atoms with Gasteiger partial charge in [-0.1, -0.05) is 6.07 Å². The number of hydrogen-bond acceptors (Lipinski definition) is 5. The van der Waals surface area contributed by atoms with Gasteiger partial charge in [-0.05, 0) is 31.0 Å². The Hall–Kier alpha value is -2.40. The summed E-state index contributed by atoms with van der Waals surface area (Å²) in [5.74, 6) is -0.871. The van der Waals surface area contributed by atoms with Crippen LogP contribution in [0, 0.1) is 18.3 Å². The number of aryl methyl sites for hydroxylation is 1. The Kier molecular flexibility index (Phi) is 6.07. The van der Waals surface area contributed by atoms with Crippen LogP contribution >= 0.6 is 0 Å². The van der Waals surface area contributed by atoms with E-state index in [1.165, 1.54) is 25.1 Å². The van der Waals surface area contributed by atoms with Crippen LogP contribution in [0.5, 0.6) is 0 Å². The summed E-state index contributed by atoms with van der Waals surface area (Å²) in [5.41, 5.74) is 0.640. The third-order valence-corrected chi connectivity index (χ3v) is 4.32. The van der Waals surface area contributed by atoms with Crippen molar-refractivity contribution in [3.05, 3.63) is 29.3 Å². The summed E-state index contributed by atoms with van der Waals surface area (Å²) in [5, 5.41) is 11.3. The van der Waals surface area contributed by atoms with Gasteiger partial charge >= 0.3 is 0 Å². The lowest BCUT2D eigenvalue weighted by molar-refractivity contribution is -0.121.